The summed E-state index contributed by atoms with van der Waals surface area (Å²) in [5.74, 6) is 0. The Morgan fingerprint density at radius 3 is 2.20 bits per heavy atom. The van der Waals surface area contributed by atoms with Gasteiger partial charge in [-0.2, -0.15) is 0 Å². The molecule has 0 bridgehead atoms. The van der Waals surface area contributed by atoms with Gasteiger partial charge >= 0.3 is 0 Å². The van der Waals surface area contributed by atoms with Gasteiger partial charge in [-0.1, -0.05) is 6.92 Å². The van der Waals surface area contributed by atoms with E-state index < -0.39 is 0 Å². The van der Waals surface area contributed by atoms with E-state index in [9.17, 15) is 0 Å². The molecule has 0 aliphatic rings. The van der Waals surface area contributed by atoms with Crippen molar-refractivity contribution >= 4 is 0 Å². The average Bonchev–Trinajstić information content (AvgIpc) is 1.78. The van der Waals surface area contributed by atoms with Crippen LogP contribution >= 0.6 is 0 Å². The van der Waals surface area contributed by atoms with Gasteiger partial charge in [0.1, 0.15) is 6.79 Å². The summed E-state index contributed by atoms with van der Waals surface area (Å²) in [6.07, 6.45) is 1.05. The van der Waals surface area contributed by atoms with E-state index in [1.807, 2.05) is 20.8 Å². The minimum absolute atomic E-state index is 0.0757. The van der Waals surface area contributed by atoms with Crippen LogP contribution in [0.25, 0.3) is 0 Å². The molecule has 0 aromatic rings. The highest BCUT2D eigenvalue weighted by Crippen LogP contribution is 2.05. The maximum absolute atomic E-state index is 5.31. The number of hydrogen-bond donors (Lipinski definition) is 0. The molecule has 0 aliphatic heterocycles. The molecular formula is C8H18O2. The van der Waals surface area contributed by atoms with Crippen LogP contribution in [0.3, 0.4) is 0 Å². The molecule has 2 nitrogen and oxygen atoms in total. The van der Waals surface area contributed by atoms with Gasteiger partial charge in [0.25, 0.3) is 0 Å². The fourth-order valence-electron chi connectivity index (χ4n) is 0.422. The second-order valence-electron chi connectivity index (χ2n) is 3.28. The lowest BCUT2D eigenvalue weighted by Crippen LogP contribution is -2.20. The summed E-state index contributed by atoms with van der Waals surface area (Å²) in [6, 6.07) is 0. The van der Waals surface area contributed by atoms with Crippen molar-refractivity contribution in [2.24, 2.45) is 0 Å². The van der Waals surface area contributed by atoms with Crippen LogP contribution in [0.15, 0.2) is 0 Å². The summed E-state index contributed by atoms with van der Waals surface area (Å²) >= 11 is 0. The molecule has 0 heterocycles. The van der Waals surface area contributed by atoms with Crippen molar-refractivity contribution in [3.8, 4) is 0 Å². The lowest BCUT2D eigenvalue weighted by molar-refractivity contribution is -0.119. The van der Waals surface area contributed by atoms with Gasteiger partial charge in [0.15, 0.2) is 0 Å². The molecule has 0 rings (SSSR count). The molecule has 0 atom stereocenters. The smallest absolute Gasteiger partial charge is 0.147 e. The van der Waals surface area contributed by atoms with Crippen LogP contribution in [0.4, 0.5) is 0 Å². The van der Waals surface area contributed by atoms with Gasteiger partial charge in [0.05, 0.1) is 5.60 Å². The van der Waals surface area contributed by atoms with Gasteiger partial charge in [-0.25, -0.2) is 0 Å². The van der Waals surface area contributed by atoms with Gasteiger partial charge in [-0.05, 0) is 27.2 Å². The van der Waals surface area contributed by atoms with Crippen LogP contribution in [0.2, 0.25) is 0 Å². The zero-order valence-electron chi connectivity index (χ0n) is 7.44. The Bertz CT molecular complexity index is 73.8. The maximum Gasteiger partial charge on any atom is 0.147 e. The van der Waals surface area contributed by atoms with E-state index in [0.717, 1.165) is 13.0 Å². The summed E-state index contributed by atoms with van der Waals surface area (Å²) in [5, 5.41) is 0. The Labute approximate surface area is 63.5 Å². The molecule has 0 fully saturated rings. The minimum atomic E-state index is -0.0757. The fraction of sp³-hybridized carbons (Fsp3) is 1.00. The largest absolute Gasteiger partial charge is 0.355 e. The molecule has 0 aromatic carbocycles. The molecule has 0 unspecified atom stereocenters. The maximum atomic E-state index is 5.31. The topological polar surface area (TPSA) is 18.5 Å². The zero-order chi connectivity index (χ0) is 8.04. The van der Waals surface area contributed by atoms with Gasteiger partial charge in [-0.3, -0.25) is 0 Å². The predicted octanol–water partition coefficient (Wildman–Crippen LogP) is 2.19. The quantitative estimate of drug-likeness (QED) is 0.447. The first-order valence-corrected chi connectivity index (χ1v) is 3.78. The third-order valence-corrected chi connectivity index (χ3v) is 0.924. The first-order chi connectivity index (χ1) is 4.56. The first-order valence-electron chi connectivity index (χ1n) is 3.78. The lowest BCUT2D eigenvalue weighted by atomic mass is 10.2. The van der Waals surface area contributed by atoms with E-state index in [2.05, 4.69) is 6.92 Å². The standard InChI is InChI=1S/C8H18O2/c1-5-6-9-7-10-8(2,3)4/h5-7H2,1-4H3. The molecule has 0 saturated carbocycles. The Hall–Kier alpha value is -0.0800. The van der Waals surface area contributed by atoms with Crippen LogP contribution in [-0.2, 0) is 9.47 Å². The number of hydrogen-bond acceptors (Lipinski definition) is 2. The SMILES string of the molecule is CCCOCOC(C)(C)C. The van der Waals surface area contributed by atoms with Gasteiger partial charge in [-0.15, -0.1) is 0 Å². The molecule has 0 N–H and O–H groups in total. The Kier molecular flexibility index (Phi) is 4.65. The molecule has 0 radical (unpaired) electrons. The summed E-state index contributed by atoms with van der Waals surface area (Å²) in [6.45, 7) is 9.33. The highest BCUT2D eigenvalue weighted by atomic mass is 16.7. The Balaban J connectivity index is 3.04. The Morgan fingerprint density at radius 2 is 1.80 bits per heavy atom. The third kappa shape index (κ3) is 7.92. The fourth-order valence-corrected chi connectivity index (χ4v) is 0.422. The molecule has 0 saturated heterocycles. The summed E-state index contributed by atoms with van der Waals surface area (Å²) in [5.41, 5.74) is -0.0757. The third-order valence-electron chi connectivity index (χ3n) is 0.924. The Morgan fingerprint density at radius 1 is 1.20 bits per heavy atom. The van der Waals surface area contributed by atoms with Crippen LogP contribution < -0.4 is 0 Å². The molecular weight excluding hydrogens is 128 g/mol. The molecule has 10 heavy (non-hydrogen) atoms. The molecule has 0 amide bonds. The van der Waals surface area contributed by atoms with Crippen LogP contribution in [-0.4, -0.2) is 19.0 Å². The van der Waals surface area contributed by atoms with E-state index in [1.54, 1.807) is 0 Å². The van der Waals surface area contributed by atoms with E-state index >= 15 is 0 Å². The molecule has 2 heteroatoms. The second kappa shape index (κ2) is 4.69. The monoisotopic (exact) mass is 146 g/mol. The molecule has 0 spiro atoms. The van der Waals surface area contributed by atoms with Gasteiger partial charge in [0.2, 0.25) is 0 Å². The van der Waals surface area contributed by atoms with Crippen LogP contribution in [0, 0.1) is 0 Å². The molecule has 62 valence electrons. The van der Waals surface area contributed by atoms with E-state index in [4.69, 9.17) is 9.47 Å². The lowest BCUT2D eigenvalue weighted by Gasteiger charge is -2.18. The normalized spacial score (nSPS) is 12.0. The van der Waals surface area contributed by atoms with Crippen molar-refractivity contribution in [2.45, 2.75) is 39.7 Å². The zero-order valence-corrected chi connectivity index (χ0v) is 7.44. The first kappa shape index (κ1) is 9.92. The second-order valence-corrected chi connectivity index (χ2v) is 3.28. The van der Waals surface area contributed by atoms with Crippen molar-refractivity contribution in [3.63, 3.8) is 0 Å². The molecule has 0 aromatic heterocycles. The van der Waals surface area contributed by atoms with Crippen molar-refractivity contribution < 1.29 is 9.47 Å². The predicted molar refractivity (Wildman–Crippen MR) is 41.9 cm³/mol. The van der Waals surface area contributed by atoms with E-state index in [-0.39, 0.29) is 5.60 Å². The van der Waals surface area contributed by atoms with Crippen molar-refractivity contribution in [2.75, 3.05) is 13.4 Å². The summed E-state index contributed by atoms with van der Waals surface area (Å²) in [4.78, 5) is 0. The number of rotatable bonds is 4. The highest BCUT2D eigenvalue weighted by Gasteiger charge is 2.08. The summed E-state index contributed by atoms with van der Waals surface area (Å²) in [7, 11) is 0. The van der Waals surface area contributed by atoms with E-state index in [0.29, 0.717) is 6.79 Å². The average molecular weight is 146 g/mol. The minimum Gasteiger partial charge on any atom is -0.355 e. The highest BCUT2D eigenvalue weighted by molar-refractivity contribution is 4.56. The van der Waals surface area contributed by atoms with Gasteiger partial charge < -0.3 is 9.47 Å². The molecule has 0 aliphatic carbocycles. The van der Waals surface area contributed by atoms with Crippen molar-refractivity contribution in [1.29, 1.82) is 0 Å². The summed E-state index contributed by atoms with van der Waals surface area (Å²) < 4.78 is 10.4. The van der Waals surface area contributed by atoms with E-state index in [1.165, 1.54) is 0 Å². The number of ether oxygens (including phenoxy) is 2. The van der Waals surface area contributed by atoms with Gasteiger partial charge in [0, 0.05) is 6.61 Å². The van der Waals surface area contributed by atoms with Crippen LogP contribution in [0.1, 0.15) is 34.1 Å². The van der Waals surface area contributed by atoms with Crippen molar-refractivity contribution in [1.82, 2.24) is 0 Å². The van der Waals surface area contributed by atoms with Crippen molar-refractivity contribution in [3.05, 3.63) is 0 Å². The van der Waals surface area contributed by atoms with Crippen LogP contribution in [0.5, 0.6) is 0 Å².